The number of unbranched alkanes of at least 4 members (excludes halogenated alkanes) is 2. The van der Waals surface area contributed by atoms with Crippen molar-refractivity contribution in [1.29, 1.82) is 0 Å². The molecule has 3 aliphatic rings. The van der Waals surface area contributed by atoms with E-state index in [1.165, 1.54) is 30.5 Å². The fourth-order valence-corrected chi connectivity index (χ4v) is 12.9. The number of hydrogen-bond donors (Lipinski definition) is 8. The van der Waals surface area contributed by atoms with Crippen LogP contribution in [0.4, 0.5) is 17.2 Å². The van der Waals surface area contributed by atoms with Crippen LogP contribution >= 0.6 is 23.5 Å². The molecule has 0 radical (unpaired) electrons. The number of benzene rings is 2. The third kappa shape index (κ3) is 13.8. The number of phosphoric acid groups is 3. The topological polar surface area (TPSA) is 397 Å². The number of aliphatic hydroxyl groups excluding tert-OH is 1. The molecule has 0 saturated carbocycles. The highest BCUT2D eigenvalue weighted by Crippen LogP contribution is 2.66. The molecule has 1 aromatic heterocycles. The van der Waals surface area contributed by atoms with E-state index in [4.69, 9.17) is 20.3 Å². The monoisotopic (exact) mass is 1130 g/mol. The van der Waals surface area contributed by atoms with Crippen molar-refractivity contribution >= 4 is 72.5 Å². The van der Waals surface area contributed by atoms with Gasteiger partial charge in [0, 0.05) is 66.5 Å². The Bertz CT molecular complexity index is 3330. The summed E-state index contributed by atoms with van der Waals surface area (Å²) in [5, 5.41) is 13.2. The van der Waals surface area contributed by atoms with Crippen molar-refractivity contribution in [1.82, 2.24) is 14.9 Å². The number of nitrogens with one attached hydrogen (secondary N) is 1. The molecule has 0 aliphatic carbocycles. The number of amides is 1. The highest BCUT2D eigenvalue weighted by Gasteiger charge is 2.46. The maximum atomic E-state index is 12.8. The molecule has 74 heavy (non-hydrogen) atoms. The Morgan fingerprint density at radius 3 is 2.32 bits per heavy atom. The van der Waals surface area contributed by atoms with Gasteiger partial charge in [-0.1, -0.05) is 31.8 Å². The van der Waals surface area contributed by atoms with Gasteiger partial charge >= 0.3 is 29.2 Å². The summed E-state index contributed by atoms with van der Waals surface area (Å²) in [6, 6.07) is 8.77. The first kappa shape index (κ1) is 58.5. The number of carbonyl (C=O) groups is 1. The number of aliphatic hydroxyl groups is 1. The van der Waals surface area contributed by atoms with E-state index in [-0.39, 0.29) is 46.5 Å². The van der Waals surface area contributed by atoms with E-state index < -0.39 is 85.3 Å². The number of hydrogen-bond acceptors (Lipinski definition) is 18. The fourth-order valence-electron chi connectivity index (χ4n) is 8.83. The molecule has 3 aromatic rings. The molecule has 31 heteroatoms. The van der Waals surface area contributed by atoms with E-state index in [0.717, 1.165) is 27.4 Å². The first-order valence-electron chi connectivity index (χ1n) is 22.4. The zero-order chi connectivity index (χ0) is 55.0. The quantitative estimate of drug-likeness (QED) is 0.0264. The average molecular weight is 1130 g/mol. The third-order valence-corrected chi connectivity index (χ3v) is 17.8. The summed E-state index contributed by atoms with van der Waals surface area (Å²) in [5.41, 5.74) is 8.13. The minimum absolute atomic E-state index is 0.0305. The molecule has 6 rings (SSSR count). The van der Waals surface area contributed by atoms with Crippen molar-refractivity contribution in [2.45, 2.75) is 106 Å². The van der Waals surface area contributed by atoms with Crippen LogP contribution < -0.4 is 21.6 Å². The Kier molecular flexibility index (Phi) is 17.5. The van der Waals surface area contributed by atoms with Crippen LogP contribution in [0, 0.1) is 11.8 Å². The summed E-state index contributed by atoms with van der Waals surface area (Å²) in [6.07, 6.45) is 4.29. The smallest absolute Gasteiger partial charge is 0.490 e. The van der Waals surface area contributed by atoms with Crippen molar-refractivity contribution in [3.8, 4) is 11.8 Å². The molecule has 26 nitrogen and oxygen atoms in total. The predicted molar refractivity (Wildman–Crippen MR) is 262 cm³/mol. The van der Waals surface area contributed by atoms with Gasteiger partial charge in [0.05, 0.1) is 40.0 Å². The molecule has 1 fully saturated rings. The molecule has 2 aromatic carbocycles. The first-order chi connectivity index (χ1) is 34.1. The fraction of sp³-hybridized carbons (Fsp3) is 0.442. The minimum atomic E-state index is -5.80. The van der Waals surface area contributed by atoms with Crippen LogP contribution in [0.1, 0.15) is 89.6 Å². The molecule has 5 atom stereocenters. The van der Waals surface area contributed by atoms with Gasteiger partial charge in [-0.2, -0.15) is 26.6 Å². The lowest BCUT2D eigenvalue weighted by molar-refractivity contribution is -0.438. The molecule has 9 N–H and O–H groups in total. The van der Waals surface area contributed by atoms with E-state index in [2.05, 4.69) is 39.9 Å². The summed E-state index contributed by atoms with van der Waals surface area (Å²) in [7, 11) is -26.2. The molecule has 1 saturated heterocycles. The summed E-state index contributed by atoms with van der Waals surface area (Å²) in [5.74, 6) is 4.83. The second-order valence-electron chi connectivity index (χ2n) is 18.2. The van der Waals surface area contributed by atoms with Crippen LogP contribution in [0.3, 0.4) is 0 Å². The van der Waals surface area contributed by atoms with Gasteiger partial charge in [-0.15, -0.1) is 0 Å². The van der Waals surface area contributed by atoms with Gasteiger partial charge in [-0.05, 0) is 75.6 Å². The normalized spacial score (nSPS) is 21.5. The molecule has 2 unspecified atom stereocenters. The molecule has 404 valence electrons. The van der Waals surface area contributed by atoms with E-state index in [0.29, 0.717) is 43.5 Å². The van der Waals surface area contributed by atoms with Crippen LogP contribution in [0.15, 0.2) is 81.1 Å². The van der Waals surface area contributed by atoms with Gasteiger partial charge in [0.25, 0.3) is 10.1 Å². The van der Waals surface area contributed by atoms with Crippen LogP contribution in [0.2, 0.25) is 0 Å². The largest absolute Gasteiger partial charge is 0.744 e. The number of rotatable bonds is 20. The lowest BCUT2D eigenvalue weighted by Gasteiger charge is -2.25. The van der Waals surface area contributed by atoms with Gasteiger partial charge in [-0.25, -0.2) is 26.9 Å². The van der Waals surface area contributed by atoms with Crippen molar-refractivity contribution in [2.75, 3.05) is 36.9 Å². The Morgan fingerprint density at radius 1 is 1.00 bits per heavy atom. The lowest BCUT2D eigenvalue weighted by Crippen LogP contribution is -2.29. The third-order valence-electron chi connectivity index (χ3n) is 12.3. The number of likely N-dealkylation sites (N-methyl/N-ethyl adjacent to an activating group) is 1. The van der Waals surface area contributed by atoms with Gasteiger partial charge in [0.2, 0.25) is 11.6 Å². The van der Waals surface area contributed by atoms with Gasteiger partial charge in [-0.3, -0.25) is 18.4 Å². The Morgan fingerprint density at radius 2 is 1.68 bits per heavy atom. The molecular weight excluding hydrogens is 1080 g/mol. The summed E-state index contributed by atoms with van der Waals surface area (Å²) in [4.78, 5) is 67.2. The SMILES string of the molecule is CCN1/C(=C/C=C/C2=[N+](CCCCCC(=O)NCC#Cc3cn([C@H]4C[C@H](O)[C@@H](COP(=O)(O)OP(=O)(O)OP(=O)(O)O)O4)c(=O)nc3N)c3ccc(S(=O)(=O)O)cc3C2(C)C)C(C)(C)c2cc(S(=O)(=O)[O-])ccc21. The number of nitrogen functional groups attached to an aromatic ring is 1. The number of anilines is 2. The number of nitrogens with two attached hydrogens (primary N) is 1. The Balaban J connectivity index is 1.07. The standard InChI is InChI=1S/C43H55N6O20P3S2/c1-6-47-32-18-16-28(73(60,61)62)22-30(32)42(2,3)36(47)13-10-14-37-43(4,5)31-23-29(74(63,64)65)17-19-33(31)48(37)21-9-7-8-15-38(51)45-20-11-12-27-25-49(41(52)46-40(27)44)39-24-34(50)35(67-39)26-66-71(56,57)69-72(58,59)68-70(53,54)55/h10,13-14,16-19,22-23,25,34-35,39,50H,6-9,15,20-21,24,26H2,1-5H3,(H8-,44,45,46,51,52,53,54,55,56,57,58,59,60,61,62,63,64,65)/t34-,35+,39+/m0/s1. The van der Waals surface area contributed by atoms with Crippen molar-refractivity contribution in [2.24, 2.45) is 0 Å². The van der Waals surface area contributed by atoms with E-state index in [1.54, 1.807) is 12.1 Å². The highest BCUT2D eigenvalue weighted by atomic mass is 32.2. The molecular formula is C43H55N6O20P3S2. The zero-order valence-electron chi connectivity index (χ0n) is 40.3. The summed E-state index contributed by atoms with van der Waals surface area (Å²) < 4.78 is 125. The summed E-state index contributed by atoms with van der Waals surface area (Å²) >= 11 is 0. The molecule has 0 bridgehead atoms. The van der Waals surface area contributed by atoms with Gasteiger partial charge in [0.1, 0.15) is 34.8 Å². The van der Waals surface area contributed by atoms with Gasteiger partial charge in [0.15, 0.2) is 5.71 Å². The maximum absolute atomic E-state index is 12.8. The van der Waals surface area contributed by atoms with Gasteiger partial charge < -0.3 is 49.9 Å². The molecule has 4 heterocycles. The van der Waals surface area contributed by atoms with Crippen molar-refractivity contribution < 1.29 is 91.6 Å². The predicted octanol–water partition coefficient (Wildman–Crippen LogP) is 3.33. The van der Waals surface area contributed by atoms with E-state index in [9.17, 15) is 64.1 Å². The molecule has 3 aliphatic heterocycles. The second kappa shape index (κ2) is 22.1. The number of nitrogens with zero attached hydrogens (tertiary/aromatic N) is 4. The number of phosphoric ester groups is 1. The van der Waals surface area contributed by atoms with Crippen LogP contribution in [0.25, 0.3) is 0 Å². The van der Waals surface area contributed by atoms with E-state index >= 15 is 0 Å². The molecule has 1 amide bonds. The van der Waals surface area contributed by atoms with E-state index in [1.807, 2.05) is 57.7 Å². The first-order valence-corrected chi connectivity index (χ1v) is 29.8. The number of allylic oxidation sites excluding steroid dienone is 4. The second-order valence-corrected chi connectivity index (χ2v) is 25.4. The van der Waals surface area contributed by atoms with Crippen molar-refractivity contribution in [3.05, 3.63) is 93.7 Å². The lowest BCUT2D eigenvalue weighted by atomic mass is 9.81. The van der Waals surface area contributed by atoms with Crippen LogP contribution in [-0.2, 0) is 67.4 Å². The van der Waals surface area contributed by atoms with Crippen LogP contribution in [-0.4, -0.2) is 115 Å². The van der Waals surface area contributed by atoms with Crippen LogP contribution in [0.5, 0.6) is 0 Å². The molecule has 0 spiro atoms. The number of ether oxygens (including phenoxy) is 1. The maximum Gasteiger partial charge on any atom is 0.490 e. The van der Waals surface area contributed by atoms with Crippen molar-refractivity contribution in [3.63, 3.8) is 0 Å². The number of fused-ring (bicyclic) bond motifs is 2. The summed E-state index contributed by atoms with van der Waals surface area (Å²) in [6.45, 7) is 9.62. The Labute approximate surface area is 425 Å². The average Bonchev–Trinajstić information content (AvgIpc) is 3.82. The number of aromatic nitrogens is 2. The zero-order valence-corrected chi connectivity index (χ0v) is 44.6. The number of carbonyl (C=O) groups excluding carboxylic acids is 1. The minimum Gasteiger partial charge on any atom is -0.744 e. The highest BCUT2D eigenvalue weighted by molar-refractivity contribution is 7.86. The Hall–Kier alpha value is -4.75.